The normalized spacial score (nSPS) is 30.6. The van der Waals surface area contributed by atoms with E-state index >= 15 is 0 Å². The Morgan fingerprint density at radius 3 is 2.28 bits per heavy atom. The van der Waals surface area contributed by atoms with Crippen LogP contribution >= 0.6 is 0 Å². The van der Waals surface area contributed by atoms with Gasteiger partial charge in [0.05, 0.1) is 12.7 Å². The van der Waals surface area contributed by atoms with E-state index in [-0.39, 0.29) is 5.57 Å². The van der Waals surface area contributed by atoms with Crippen molar-refractivity contribution in [2.45, 2.75) is 83.1 Å². The third-order valence-corrected chi connectivity index (χ3v) is 5.38. The summed E-state index contributed by atoms with van der Waals surface area (Å²) in [5, 5.41) is 71.0. The number of rotatable bonds is 9. The van der Waals surface area contributed by atoms with E-state index in [0.717, 1.165) is 30.6 Å². The first-order valence-electron chi connectivity index (χ1n) is 9.86. The molecule has 7 N–H and O–H groups in total. The molecule has 0 spiro atoms. The smallest absolute Gasteiger partial charge is 0.152 e. The number of allylic oxidation sites excluding steroid dienone is 3. The van der Waals surface area contributed by atoms with Crippen LogP contribution < -0.4 is 0 Å². The molecule has 29 heavy (non-hydrogen) atoms. The second-order valence-corrected chi connectivity index (χ2v) is 8.10. The maximum Gasteiger partial charge on any atom is 0.152 e. The lowest BCUT2D eigenvalue weighted by molar-refractivity contribution is -0.204. The fourth-order valence-electron chi connectivity index (χ4n) is 3.24. The summed E-state index contributed by atoms with van der Waals surface area (Å²) >= 11 is 0. The molecule has 7 nitrogen and oxygen atoms in total. The summed E-state index contributed by atoms with van der Waals surface area (Å²) in [4.78, 5) is 0. The van der Waals surface area contributed by atoms with Crippen LogP contribution in [-0.4, -0.2) is 78.5 Å². The van der Waals surface area contributed by atoms with Gasteiger partial charge < -0.3 is 35.7 Å². The van der Waals surface area contributed by atoms with Crippen molar-refractivity contribution in [3.05, 3.63) is 46.6 Å². The zero-order valence-corrected chi connectivity index (χ0v) is 17.7. The Kier molecular flexibility index (Phi) is 9.91. The summed E-state index contributed by atoms with van der Waals surface area (Å²) in [6.45, 7) is 7.01. The van der Waals surface area contributed by atoms with Crippen molar-refractivity contribution in [2.75, 3.05) is 6.61 Å². The van der Waals surface area contributed by atoms with Crippen LogP contribution in [0.5, 0.6) is 0 Å². The predicted molar refractivity (Wildman–Crippen MR) is 111 cm³/mol. The van der Waals surface area contributed by atoms with Gasteiger partial charge in [0.1, 0.15) is 24.4 Å². The van der Waals surface area contributed by atoms with Gasteiger partial charge in [0.15, 0.2) is 5.60 Å². The third kappa shape index (κ3) is 6.58. The van der Waals surface area contributed by atoms with Crippen molar-refractivity contribution in [3.63, 3.8) is 0 Å². The molecular weight excluding hydrogens is 376 g/mol. The zero-order chi connectivity index (χ0) is 22.4. The molecule has 6 atom stereocenters. The Morgan fingerprint density at radius 1 is 1.10 bits per heavy atom. The van der Waals surface area contributed by atoms with Crippen molar-refractivity contribution < 1.29 is 35.7 Å². The van der Waals surface area contributed by atoms with Gasteiger partial charge in [-0.25, -0.2) is 0 Å². The summed E-state index contributed by atoms with van der Waals surface area (Å²) in [6, 6.07) is 0. The van der Waals surface area contributed by atoms with E-state index < -0.39 is 42.7 Å². The van der Waals surface area contributed by atoms with Crippen LogP contribution in [0.3, 0.4) is 0 Å². The second-order valence-electron chi connectivity index (χ2n) is 8.10. The lowest BCUT2D eigenvalue weighted by Gasteiger charge is -2.44. The highest BCUT2D eigenvalue weighted by molar-refractivity contribution is 5.28. The Balaban J connectivity index is 2.85. The van der Waals surface area contributed by atoms with Gasteiger partial charge in [-0.2, -0.15) is 0 Å². The largest absolute Gasteiger partial charge is 0.392 e. The Hall–Kier alpha value is -1.32. The predicted octanol–water partition coefficient (Wildman–Crippen LogP) is 0.483. The minimum atomic E-state index is -2.48. The topological polar surface area (TPSA) is 142 Å². The summed E-state index contributed by atoms with van der Waals surface area (Å²) in [6.07, 6.45) is 0.399. The molecule has 0 unspecified atom stereocenters. The molecule has 166 valence electrons. The fraction of sp³-hybridized carbons (Fsp3) is 0.636. The van der Waals surface area contributed by atoms with Crippen LogP contribution in [0.4, 0.5) is 0 Å². The molecule has 0 aromatic carbocycles. The fourth-order valence-corrected chi connectivity index (χ4v) is 3.24. The lowest BCUT2D eigenvalue weighted by atomic mass is 9.75. The second kappa shape index (κ2) is 11.2. The quantitative estimate of drug-likeness (QED) is 0.273. The minimum Gasteiger partial charge on any atom is -0.392 e. The van der Waals surface area contributed by atoms with Crippen LogP contribution in [0.15, 0.2) is 46.6 Å². The SMILES string of the molecule is CC(C)=CCC/C(C)=C/C[C@H](O)/C(C)=C/[C@H](O)[C@@]1(O)[C@@H](O)C=C(CO)[C@@H](O)[C@@H]1O. The van der Waals surface area contributed by atoms with E-state index in [9.17, 15) is 30.6 Å². The van der Waals surface area contributed by atoms with Crippen LogP contribution in [-0.2, 0) is 0 Å². The standard InChI is InChI=1S/C22H36O7/c1-13(2)6-5-7-14(3)8-9-17(24)15(4)10-18(25)22(29)19(26)11-16(12-23)20(27)21(22)28/h6,8,10-11,17-21,23-29H,5,7,9,12H2,1-4H3/b14-8+,15-10+/t17-,18-,19-,20+,21-,22+/m0/s1. The highest BCUT2D eigenvalue weighted by Gasteiger charge is 2.53. The monoisotopic (exact) mass is 412 g/mol. The summed E-state index contributed by atoms with van der Waals surface area (Å²) in [5.41, 5.74) is 0.203. The van der Waals surface area contributed by atoms with Gasteiger partial charge in [-0.1, -0.05) is 29.4 Å². The van der Waals surface area contributed by atoms with E-state index in [1.165, 1.54) is 5.57 Å². The third-order valence-electron chi connectivity index (χ3n) is 5.38. The Morgan fingerprint density at radius 2 is 1.72 bits per heavy atom. The molecule has 0 radical (unpaired) electrons. The Labute approximate surface area is 172 Å². The van der Waals surface area contributed by atoms with Crippen LogP contribution in [0.1, 0.15) is 47.0 Å². The number of aliphatic hydroxyl groups is 7. The molecular formula is C22H36O7. The van der Waals surface area contributed by atoms with Crippen molar-refractivity contribution in [2.24, 2.45) is 0 Å². The first kappa shape index (κ1) is 25.7. The molecule has 0 bridgehead atoms. The summed E-state index contributed by atoms with van der Waals surface area (Å²) < 4.78 is 0. The first-order chi connectivity index (χ1) is 13.4. The summed E-state index contributed by atoms with van der Waals surface area (Å²) in [5.74, 6) is 0. The van der Waals surface area contributed by atoms with Crippen LogP contribution in [0.25, 0.3) is 0 Å². The zero-order valence-electron chi connectivity index (χ0n) is 17.7. The van der Waals surface area contributed by atoms with Gasteiger partial charge >= 0.3 is 0 Å². The lowest BCUT2D eigenvalue weighted by Crippen LogP contribution is -2.65. The Bertz CT molecular complexity index is 660. The molecule has 0 saturated heterocycles. The molecule has 0 aromatic rings. The van der Waals surface area contributed by atoms with Crippen LogP contribution in [0.2, 0.25) is 0 Å². The molecule has 0 amide bonds. The average molecular weight is 413 g/mol. The average Bonchev–Trinajstić information content (AvgIpc) is 2.66. The molecule has 1 rings (SSSR count). The molecule has 1 aliphatic carbocycles. The van der Waals surface area contributed by atoms with Crippen molar-refractivity contribution in [1.82, 2.24) is 0 Å². The van der Waals surface area contributed by atoms with Gasteiger partial charge in [0.2, 0.25) is 0 Å². The first-order valence-corrected chi connectivity index (χ1v) is 9.86. The molecule has 0 heterocycles. The number of aliphatic hydroxyl groups excluding tert-OH is 6. The molecule has 0 aliphatic heterocycles. The number of hydrogen-bond donors (Lipinski definition) is 7. The maximum absolute atomic E-state index is 10.7. The van der Waals surface area contributed by atoms with Gasteiger partial charge in [0.25, 0.3) is 0 Å². The van der Waals surface area contributed by atoms with Gasteiger partial charge in [-0.3, -0.25) is 0 Å². The minimum absolute atomic E-state index is 0.0451. The van der Waals surface area contributed by atoms with Crippen LogP contribution in [0, 0.1) is 0 Å². The highest BCUT2D eigenvalue weighted by Crippen LogP contribution is 2.33. The number of hydrogen-bond acceptors (Lipinski definition) is 7. The molecule has 0 saturated carbocycles. The molecule has 0 aromatic heterocycles. The van der Waals surface area contributed by atoms with E-state index in [2.05, 4.69) is 6.08 Å². The van der Waals surface area contributed by atoms with Gasteiger partial charge in [-0.05, 0) is 64.2 Å². The van der Waals surface area contributed by atoms with Crippen molar-refractivity contribution in [3.8, 4) is 0 Å². The van der Waals surface area contributed by atoms with Gasteiger partial charge in [-0.15, -0.1) is 0 Å². The van der Waals surface area contributed by atoms with Crippen molar-refractivity contribution in [1.29, 1.82) is 0 Å². The molecule has 1 aliphatic rings. The van der Waals surface area contributed by atoms with Crippen molar-refractivity contribution >= 4 is 0 Å². The highest BCUT2D eigenvalue weighted by atomic mass is 16.4. The van der Waals surface area contributed by atoms with E-state index in [1.54, 1.807) is 6.92 Å². The summed E-state index contributed by atoms with van der Waals surface area (Å²) in [7, 11) is 0. The van der Waals surface area contributed by atoms with E-state index in [4.69, 9.17) is 5.11 Å². The molecule has 7 heteroatoms. The molecule has 0 fully saturated rings. The van der Waals surface area contributed by atoms with Gasteiger partial charge in [0, 0.05) is 0 Å². The van der Waals surface area contributed by atoms with E-state index in [1.807, 2.05) is 26.8 Å². The van der Waals surface area contributed by atoms with E-state index in [0.29, 0.717) is 12.0 Å². The maximum atomic E-state index is 10.7.